The number of carboxylic acids is 1. The number of nitrogens with zero attached hydrogens (tertiary/aromatic N) is 2. The molecule has 1 N–H and O–H groups in total. The second kappa shape index (κ2) is 7.90. The Hall–Kier alpha value is -1.81. The van der Waals surface area contributed by atoms with Crippen LogP contribution in [0, 0.1) is 5.92 Å². The molecule has 0 aliphatic carbocycles. The van der Waals surface area contributed by atoms with Crippen LogP contribution < -0.4 is 4.31 Å². The Bertz CT molecular complexity index is 816. The van der Waals surface area contributed by atoms with Gasteiger partial charge in [0.2, 0.25) is 10.0 Å². The normalized spacial score (nSPS) is 20.6. The van der Waals surface area contributed by atoms with Crippen molar-refractivity contribution in [1.82, 2.24) is 4.90 Å². The van der Waals surface area contributed by atoms with Crippen LogP contribution in [0.1, 0.15) is 32.3 Å². The minimum absolute atomic E-state index is 0.314. The number of para-hydroxylation sites is 1. The molecule has 1 aromatic carbocycles. The van der Waals surface area contributed by atoms with Gasteiger partial charge < -0.3 is 10.0 Å². The molecule has 1 saturated heterocycles. The van der Waals surface area contributed by atoms with Crippen LogP contribution in [0.4, 0.5) is 18.9 Å². The van der Waals surface area contributed by atoms with E-state index in [1.165, 1.54) is 0 Å². The van der Waals surface area contributed by atoms with Crippen LogP contribution in [-0.2, 0) is 19.6 Å². The van der Waals surface area contributed by atoms with Gasteiger partial charge in [-0.05, 0) is 50.5 Å². The van der Waals surface area contributed by atoms with Gasteiger partial charge in [0.15, 0.2) is 0 Å². The number of halogens is 3. The number of hydrogen-bond donors (Lipinski definition) is 1. The first-order valence-corrected chi connectivity index (χ1v) is 10.4. The van der Waals surface area contributed by atoms with E-state index in [9.17, 15) is 21.6 Å². The van der Waals surface area contributed by atoms with E-state index in [1.807, 2.05) is 24.3 Å². The average Bonchev–Trinajstić information content (AvgIpc) is 2.76. The molecule has 0 unspecified atom stereocenters. The fourth-order valence-electron chi connectivity index (χ4n) is 3.59. The van der Waals surface area contributed by atoms with Crippen LogP contribution in [0.3, 0.4) is 0 Å². The van der Waals surface area contributed by atoms with E-state index in [-0.39, 0.29) is 0 Å². The summed E-state index contributed by atoms with van der Waals surface area (Å²) in [6.45, 7) is 6.37. The smallest absolute Gasteiger partial charge is 0.475 e. The quantitative estimate of drug-likeness (QED) is 0.793. The molecule has 1 fully saturated rings. The van der Waals surface area contributed by atoms with Gasteiger partial charge in [-0.1, -0.05) is 32.0 Å². The molecule has 3 rings (SSSR count). The number of carboxylic acid groups (broad SMARTS) is 1. The van der Waals surface area contributed by atoms with Gasteiger partial charge >= 0.3 is 12.1 Å². The van der Waals surface area contributed by atoms with Crippen LogP contribution in [-0.4, -0.2) is 57.3 Å². The lowest BCUT2D eigenvalue weighted by Gasteiger charge is -2.37. The predicted molar refractivity (Wildman–Crippen MR) is 99.6 cm³/mol. The summed E-state index contributed by atoms with van der Waals surface area (Å²) in [5.74, 6) is -2.44. The van der Waals surface area contributed by atoms with Crippen molar-refractivity contribution < 1.29 is 31.5 Å². The van der Waals surface area contributed by atoms with Gasteiger partial charge in [0.05, 0.1) is 5.69 Å². The first-order chi connectivity index (χ1) is 12.8. The number of hydrogen-bond acceptors (Lipinski definition) is 4. The molecular weight excluding hydrogens is 397 g/mol. The number of piperidine rings is 1. The van der Waals surface area contributed by atoms with E-state index in [2.05, 4.69) is 25.8 Å². The van der Waals surface area contributed by atoms with Crippen LogP contribution >= 0.6 is 0 Å². The topological polar surface area (TPSA) is 77.9 Å². The van der Waals surface area contributed by atoms with E-state index < -0.39 is 26.9 Å². The third-order valence-electron chi connectivity index (χ3n) is 5.02. The van der Waals surface area contributed by atoms with Crippen molar-refractivity contribution >= 4 is 21.7 Å². The zero-order chi connectivity index (χ0) is 21.3. The van der Waals surface area contributed by atoms with Crippen molar-refractivity contribution in [3.05, 3.63) is 29.8 Å². The molecule has 0 amide bonds. The molecule has 2 aliphatic rings. The first kappa shape index (κ1) is 22.5. The van der Waals surface area contributed by atoms with Gasteiger partial charge in [-0.25, -0.2) is 13.2 Å². The standard InChI is InChI=1S/C16H24N2O2S.C2HF3O2/c1-13(2)12-18-15-7-5-4-6-14(15)16(21(18,19)20)8-10-17(3)11-9-16;3-2(4,5)1(6)7/h4-7,13H,8-12H2,1-3H3;(H,6,7). The van der Waals surface area contributed by atoms with Gasteiger partial charge in [0, 0.05) is 6.54 Å². The summed E-state index contributed by atoms with van der Waals surface area (Å²) in [5, 5.41) is 7.12. The van der Waals surface area contributed by atoms with Crippen molar-refractivity contribution in [2.24, 2.45) is 5.92 Å². The van der Waals surface area contributed by atoms with E-state index in [0.29, 0.717) is 25.3 Å². The van der Waals surface area contributed by atoms with E-state index in [0.717, 1.165) is 24.3 Å². The van der Waals surface area contributed by atoms with E-state index in [4.69, 9.17) is 9.90 Å². The van der Waals surface area contributed by atoms with Gasteiger partial charge in [0.25, 0.3) is 0 Å². The van der Waals surface area contributed by atoms with Gasteiger partial charge in [0.1, 0.15) is 4.75 Å². The number of sulfonamides is 1. The van der Waals surface area contributed by atoms with E-state index >= 15 is 0 Å². The Kier molecular flexibility index (Phi) is 6.34. The maximum Gasteiger partial charge on any atom is 0.490 e. The Morgan fingerprint density at radius 1 is 1.21 bits per heavy atom. The molecule has 0 saturated carbocycles. The maximum absolute atomic E-state index is 13.3. The highest BCUT2D eigenvalue weighted by Gasteiger charge is 2.56. The Morgan fingerprint density at radius 3 is 2.18 bits per heavy atom. The summed E-state index contributed by atoms with van der Waals surface area (Å²) in [4.78, 5) is 11.1. The Balaban J connectivity index is 0.000000345. The lowest BCUT2D eigenvalue weighted by Crippen LogP contribution is -2.47. The monoisotopic (exact) mass is 422 g/mol. The summed E-state index contributed by atoms with van der Waals surface area (Å²) >= 11 is 0. The van der Waals surface area contributed by atoms with Crippen LogP contribution in [0.2, 0.25) is 0 Å². The van der Waals surface area contributed by atoms with Crippen LogP contribution in [0.25, 0.3) is 0 Å². The largest absolute Gasteiger partial charge is 0.490 e. The number of aliphatic carboxylic acids is 1. The predicted octanol–water partition coefficient (Wildman–Crippen LogP) is 3.05. The molecule has 28 heavy (non-hydrogen) atoms. The molecule has 10 heteroatoms. The van der Waals surface area contributed by atoms with Gasteiger partial charge in [-0.15, -0.1) is 0 Å². The number of carbonyl (C=O) groups is 1. The number of rotatable bonds is 2. The highest BCUT2D eigenvalue weighted by Crippen LogP contribution is 2.52. The number of likely N-dealkylation sites (tertiary alicyclic amines) is 1. The SMILES string of the molecule is CC(C)CN1c2ccccc2C2(CCN(C)CC2)S1(=O)=O.O=C(O)C(F)(F)F. The minimum atomic E-state index is -5.08. The number of benzene rings is 1. The molecule has 2 heterocycles. The molecule has 0 bridgehead atoms. The first-order valence-electron chi connectivity index (χ1n) is 8.93. The summed E-state index contributed by atoms with van der Waals surface area (Å²) in [6, 6.07) is 7.88. The highest BCUT2D eigenvalue weighted by molar-refractivity contribution is 7.94. The second-order valence-electron chi connectivity index (χ2n) is 7.55. The zero-order valence-electron chi connectivity index (χ0n) is 16.0. The number of fused-ring (bicyclic) bond motifs is 2. The molecule has 0 atom stereocenters. The second-order valence-corrected chi connectivity index (χ2v) is 9.72. The average molecular weight is 422 g/mol. The lowest BCUT2D eigenvalue weighted by molar-refractivity contribution is -0.192. The molecular formula is C18H25F3N2O4S. The Morgan fingerprint density at radius 2 is 1.71 bits per heavy atom. The molecule has 0 radical (unpaired) electrons. The lowest BCUT2D eigenvalue weighted by atomic mass is 9.87. The molecule has 1 spiro atoms. The van der Waals surface area contributed by atoms with Crippen molar-refractivity contribution in [1.29, 1.82) is 0 Å². The third-order valence-corrected chi connectivity index (χ3v) is 7.56. The van der Waals surface area contributed by atoms with E-state index in [1.54, 1.807) is 4.31 Å². The third kappa shape index (κ3) is 4.12. The summed E-state index contributed by atoms with van der Waals surface area (Å²) in [5.41, 5.74) is 1.91. The highest BCUT2D eigenvalue weighted by atomic mass is 32.2. The summed E-state index contributed by atoms with van der Waals surface area (Å²) < 4.78 is 59.3. The van der Waals surface area contributed by atoms with Crippen LogP contribution in [0.15, 0.2) is 24.3 Å². The molecule has 1 aromatic rings. The van der Waals surface area contributed by atoms with Crippen molar-refractivity contribution in [2.75, 3.05) is 31.0 Å². The zero-order valence-corrected chi connectivity index (χ0v) is 16.8. The number of anilines is 1. The molecule has 158 valence electrons. The minimum Gasteiger partial charge on any atom is -0.475 e. The summed E-state index contributed by atoms with van der Waals surface area (Å²) in [6.07, 6.45) is -3.70. The molecule has 0 aromatic heterocycles. The fourth-order valence-corrected chi connectivity index (χ4v) is 6.07. The van der Waals surface area contributed by atoms with Crippen LogP contribution in [0.5, 0.6) is 0 Å². The Labute approximate surface area is 163 Å². The summed E-state index contributed by atoms with van der Waals surface area (Å²) in [7, 11) is -1.26. The van der Waals surface area contributed by atoms with Gasteiger partial charge in [-0.3, -0.25) is 4.31 Å². The van der Waals surface area contributed by atoms with Gasteiger partial charge in [-0.2, -0.15) is 13.2 Å². The molecule has 2 aliphatic heterocycles. The molecule has 6 nitrogen and oxygen atoms in total. The van der Waals surface area contributed by atoms with Crippen molar-refractivity contribution in [3.8, 4) is 0 Å². The fraction of sp³-hybridized carbons (Fsp3) is 0.611. The van der Waals surface area contributed by atoms with Crippen molar-refractivity contribution in [2.45, 2.75) is 37.6 Å². The van der Waals surface area contributed by atoms with Crippen molar-refractivity contribution in [3.63, 3.8) is 0 Å². The number of alkyl halides is 3. The maximum atomic E-state index is 13.3.